The first-order valence-electron chi connectivity index (χ1n) is 12.4. The van der Waals surface area contributed by atoms with E-state index in [-0.39, 0.29) is 31.2 Å². The van der Waals surface area contributed by atoms with Crippen molar-refractivity contribution in [1.82, 2.24) is 4.98 Å². The molecule has 3 heterocycles. The number of ether oxygens (including phenoxy) is 2. The molecular formula is C29H22F3N3O4S. The zero-order valence-corrected chi connectivity index (χ0v) is 22.0. The van der Waals surface area contributed by atoms with Gasteiger partial charge in [-0.3, -0.25) is 9.59 Å². The van der Waals surface area contributed by atoms with Crippen molar-refractivity contribution in [3.05, 3.63) is 87.8 Å². The Labute approximate surface area is 231 Å². The Bertz CT molecular complexity index is 1650. The number of nitrogens with one attached hydrogen (secondary N) is 1. The Morgan fingerprint density at radius 1 is 1.05 bits per heavy atom. The van der Waals surface area contributed by atoms with Gasteiger partial charge in [0.2, 0.25) is 12.7 Å². The maximum atomic E-state index is 13.5. The zero-order valence-electron chi connectivity index (χ0n) is 21.2. The van der Waals surface area contributed by atoms with E-state index in [9.17, 15) is 22.8 Å². The van der Waals surface area contributed by atoms with E-state index < -0.39 is 17.6 Å². The van der Waals surface area contributed by atoms with Gasteiger partial charge in [-0.2, -0.15) is 13.2 Å². The number of fused-ring (bicyclic) bond motifs is 2. The number of amides is 2. The van der Waals surface area contributed by atoms with Crippen LogP contribution in [0.2, 0.25) is 0 Å². The molecule has 3 aromatic carbocycles. The minimum absolute atomic E-state index is 0.144. The van der Waals surface area contributed by atoms with Crippen LogP contribution >= 0.6 is 11.3 Å². The van der Waals surface area contributed by atoms with Crippen molar-refractivity contribution in [2.45, 2.75) is 25.9 Å². The fourth-order valence-corrected chi connectivity index (χ4v) is 5.79. The van der Waals surface area contributed by atoms with Crippen molar-refractivity contribution < 1.29 is 32.2 Å². The predicted octanol–water partition coefficient (Wildman–Crippen LogP) is 6.25. The van der Waals surface area contributed by atoms with Crippen molar-refractivity contribution in [2.24, 2.45) is 0 Å². The smallest absolute Gasteiger partial charge is 0.417 e. The summed E-state index contributed by atoms with van der Waals surface area (Å²) < 4.78 is 51.2. The van der Waals surface area contributed by atoms with Crippen LogP contribution in [-0.4, -0.2) is 30.1 Å². The third-order valence-electron chi connectivity index (χ3n) is 6.80. The summed E-state index contributed by atoms with van der Waals surface area (Å²) in [7, 11) is 0. The molecule has 0 fully saturated rings. The maximum Gasteiger partial charge on any atom is 0.417 e. The normalized spacial score (nSPS) is 13.8. The van der Waals surface area contributed by atoms with Crippen molar-refractivity contribution >= 4 is 34.0 Å². The molecule has 40 heavy (non-hydrogen) atoms. The van der Waals surface area contributed by atoms with E-state index in [0.717, 1.165) is 27.6 Å². The first-order valence-corrected chi connectivity index (χ1v) is 13.3. The first kappa shape index (κ1) is 25.9. The Kier molecular flexibility index (Phi) is 6.46. The standard InChI is InChI=1S/C29H22F3N3O4S/c1-16-26(34-28(40-16)33-25(36)13-17-6-9-23-24(12-17)39-15-38-23)19-7-8-22-18(14-19)10-11-35(22)27(37)20-4-2-3-5-21(20)29(30,31)32/h2-9,12,14H,10-11,13,15H2,1H3,(H,33,34,36). The summed E-state index contributed by atoms with van der Waals surface area (Å²) in [6.07, 6.45) is -3.98. The number of halogens is 3. The Morgan fingerprint density at radius 3 is 2.67 bits per heavy atom. The molecule has 11 heteroatoms. The van der Waals surface area contributed by atoms with Gasteiger partial charge in [-0.25, -0.2) is 4.98 Å². The van der Waals surface area contributed by atoms with Gasteiger partial charge >= 0.3 is 6.18 Å². The van der Waals surface area contributed by atoms with Crippen LogP contribution in [0.25, 0.3) is 11.3 Å². The van der Waals surface area contributed by atoms with Gasteiger partial charge in [0, 0.05) is 22.7 Å². The van der Waals surface area contributed by atoms with Gasteiger partial charge < -0.3 is 19.7 Å². The number of aromatic nitrogens is 1. The maximum absolute atomic E-state index is 13.5. The molecule has 1 aromatic heterocycles. The average molecular weight is 566 g/mol. The number of carbonyl (C=O) groups is 2. The number of nitrogens with zero attached hydrogens (tertiary/aromatic N) is 2. The molecule has 0 unspecified atom stereocenters. The Balaban J connectivity index is 1.18. The second kappa shape index (κ2) is 9.98. The first-order chi connectivity index (χ1) is 19.2. The Morgan fingerprint density at radius 2 is 1.85 bits per heavy atom. The van der Waals surface area contributed by atoms with E-state index in [0.29, 0.717) is 34.4 Å². The van der Waals surface area contributed by atoms with Crippen LogP contribution in [0.15, 0.2) is 60.7 Å². The van der Waals surface area contributed by atoms with Crippen LogP contribution in [-0.2, 0) is 23.8 Å². The van der Waals surface area contributed by atoms with Gasteiger partial charge in [0.05, 0.1) is 23.2 Å². The molecule has 0 bridgehead atoms. The molecule has 0 saturated carbocycles. The van der Waals surface area contributed by atoms with Gasteiger partial charge in [-0.15, -0.1) is 11.3 Å². The number of thiazole rings is 1. The second-order valence-electron chi connectivity index (χ2n) is 9.43. The molecule has 2 aliphatic rings. The molecule has 204 valence electrons. The van der Waals surface area contributed by atoms with Crippen molar-refractivity contribution in [3.8, 4) is 22.8 Å². The number of alkyl halides is 3. The summed E-state index contributed by atoms with van der Waals surface area (Å²) in [5, 5.41) is 3.31. The number of anilines is 2. The van der Waals surface area contributed by atoms with E-state index in [1.807, 2.05) is 19.1 Å². The summed E-state index contributed by atoms with van der Waals surface area (Å²) in [4.78, 5) is 32.7. The molecule has 0 radical (unpaired) electrons. The number of benzene rings is 3. The molecular weight excluding hydrogens is 543 g/mol. The van der Waals surface area contributed by atoms with Crippen molar-refractivity contribution in [1.29, 1.82) is 0 Å². The van der Waals surface area contributed by atoms with Gasteiger partial charge in [0.15, 0.2) is 16.6 Å². The largest absolute Gasteiger partial charge is 0.454 e. The summed E-state index contributed by atoms with van der Waals surface area (Å²) in [6.45, 7) is 2.34. The topological polar surface area (TPSA) is 80.8 Å². The monoisotopic (exact) mass is 565 g/mol. The molecule has 0 saturated heterocycles. The molecule has 6 rings (SSSR count). The van der Waals surface area contributed by atoms with Gasteiger partial charge in [-0.05, 0) is 60.9 Å². The third kappa shape index (κ3) is 4.88. The number of aryl methyl sites for hydroxylation is 1. The predicted molar refractivity (Wildman–Crippen MR) is 144 cm³/mol. The van der Waals surface area contributed by atoms with Gasteiger partial charge in [-0.1, -0.05) is 24.3 Å². The highest BCUT2D eigenvalue weighted by Crippen LogP contribution is 2.38. The molecule has 0 atom stereocenters. The fourth-order valence-electron chi connectivity index (χ4n) is 4.94. The molecule has 2 aliphatic heterocycles. The third-order valence-corrected chi connectivity index (χ3v) is 7.69. The average Bonchev–Trinajstić information content (AvgIpc) is 3.65. The highest BCUT2D eigenvalue weighted by atomic mass is 32.1. The summed E-state index contributed by atoms with van der Waals surface area (Å²) in [5.74, 6) is 0.356. The summed E-state index contributed by atoms with van der Waals surface area (Å²) in [6, 6.07) is 15.6. The van der Waals surface area contributed by atoms with Gasteiger partial charge in [0.1, 0.15) is 0 Å². The lowest BCUT2D eigenvalue weighted by Gasteiger charge is -2.20. The quantitative estimate of drug-likeness (QED) is 0.310. The van der Waals surface area contributed by atoms with Crippen LogP contribution in [0.5, 0.6) is 11.5 Å². The van der Waals surface area contributed by atoms with Gasteiger partial charge in [0.25, 0.3) is 5.91 Å². The van der Waals surface area contributed by atoms with Crippen LogP contribution in [0, 0.1) is 6.92 Å². The minimum Gasteiger partial charge on any atom is -0.454 e. The fraction of sp³-hybridized carbons (Fsp3) is 0.207. The molecule has 4 aromatic rings. The van der Waals surface area contributed by atoms with Crippen molar-refractivity contribution in [3.63, 3.8) is 0 Å². The van der Waals surface area contributed by atoms with Crippen LogP contribution in [0.4, 0.5) is 24.0 Å². The van der Waals surface area contributed by atoms with Crippen LogP contribution in [0.1, 0.15) is 31.9 Å². The lowest BCUT2D eigenvalue weighted by molar-refractivity contribution is -0.137. The summed E-state index contributed by atoms with van der Waals surface area (Å²) >= 11 is 1.35. The lowest BCUT2D eigenvalue weighted by atomic mass is 10.0. The zero-order chi connectivity index (χ0) is 28.0. The molecule has 0 aliphatic carbocycles. The number of hydrogen-bond donors (Lipinski definition) is 1. The number of rotatable bonds is 5. The highest BCUT2D eigenvalue weighted by Gasteiger charge is 2.37. The van der Waals surface area contributed by atoms with E-state index in [1.165, 1.54) is 34.4 Å². The Hall–Kier alpha value is -4.38. The van der Waals surface area contributed by atoms with E-state index in [4.69, 9.17) is 9.47 Å². The van der Waals surface area contributed by atoms with E-state index in [2.05, 4.69) is 10.3 Å². The van der Waals surface area contributed by atoms with Crippen LogP contribution < -0.4 is 19.7 Å². The van der Waals surface area contributed by atoms with Crippen molar-refractivity contribution in [2.75, 3.05) is 23.6 Å². The lowest BCUT2D eigenvalue weighted by Crippen LogP contribution is -2.30. The molecule has 7 nitrogen and oxygen atoms in total. The van der Waals surface area contributed by atoms with Crippen LogP contribution in [0.3, 0.4) is 0 Å². The van der Waals surface area contributed by atoms with E-state index in [1.54, 1.807) is 24.3 Å². The number of carbonyl (C=O) groups excluding carboxylic acids is 2. The summed E-state index contributed by atoms with van der Waals surface area (Å²) in [5.41, 5.74) is 2.38. The highest BCUT2D eigenvalue weighted by molar-refractivity contribution is 7.16. The number of hydrogen-bond acceptors (Lipinski definition) is 6. The molecule has 0 spiro atoms. The molecule has 2 amide bonds. The minimum atomic E-state index is -4.63. The molecule has 1 N–H and O–H groups in total. The van der Waals surface area contributed by atoms with E-state index >= 15 is 0 Å². The SMILES string of the molecule is Cc1sc(NC(=O)Cc2ccc3c(c2)OCO3)nc1-c1ccc2c(c1)CCN2C(=O)c1ccccc1C(F)(F)F. The second-order valence-corrected chi connectivity index (χ2v) is 10.6.